The smallest absolute Gasteiger partial charge is 0.222 e. The quantitative estimate of drug-likeness (QED) is 0.684. The first-order valence-electron chi connectivity index (χ1n) is 5.60. The molecule has 92 valence electrons. The highest BCUT2D eigenvalue weighted by molar-refractivity contribution is 7.80. The van der Waals surface area contributed by atoms with Gasteiger partial charge in [0.2, 0.25) is 5.91 Å². The van der Waals surface area contributed by atoms with Crippen LogP contribution >= 0.6 is 12.2 Å². The van der Waals surface area contributed by atoms with Crippen molar-refractivity contribution in [2.45, 2.75) is 38.2 Å². The summed E-state index contributed by atoms with van der Waals surface area (Å²) in [6, 6.07) is 0. The van der Waals surface area contributed by atoms with E-state index in [1.807, 2.05) is 6.92 Å². The van der Waals surface area contributed by atoms with Gasteiger partial charge in [-0.3, -0.25) is 4.79 Å². The molecule has 4 nitrogen and oxygen atoms in total. The second-order valence-electron chi connectivity index (χ2n) is 4.52. The third kappa shape index (κ3) is 3.42. The van der Waals surface area contributed by atoms with Crippen molar-refractivity contribution >= 4 is 23.1 Å². The van der Waals surface area contributed by atoms with Crippen molar-refractivity contribution in [2.75, 3.05) is 13.7 Å². The Morgan fingerprint density at radius 2 is 2.25 bits per heavy atom. The van der Waals surface area contributed by atoms with Gasteiger partial charge in [0, 0.05) is 19.6 Å². The fourth-order valence-corrected chi connectivity index (χ4v) is 1.83. The summed E-state index contributed by atoms with van der Waals surface area (Å²) < 4.78 is 5.39. The van der Waals surface area contributed by atoms with Crippen molar-refractivity contribution in [2.24, 2.45) is 11.7 Å². The summed E-state index contributed by atoms with van der Waals surface area (Å²) in [5.74, 6) is 0.0588. The average Bonchev–Trinajstić information content (AvgIpc) is 2.19. The number of amides is 1. The van der Waals surface area contributed by atoms with Crippen molar-refractivity contribution in [3.05, 3.63) is 0 Å². The van der Waals surface area contributed by atoms with E-state index in [1.54, 1.807) is 7.11 Å². The molecular weight excluding hydrogens is 224 g/mol. The maximum Gasteiger partial charge on any atom is 0.222 e. The topological polar surface area (TPSA) is 64.3 Å². The molecule has 0 spiro atoms. The van der Waals surface area contributed by atoms with E-state index < -0.39 is 0 Å². The molecule has 1 amide bonds. The van der Waals surface area contributed by atoms with Crippen molar-refractivity contribution in [3.8, 4) is 0 Å². The molecule has 3 N–H and O–H groups in total. The molecule has 0 aromatic rings. The molecule has 0 heterocycles. The Hall–Kier alpha value is -0.680. The molecule has 5 heteroatoms. The van der Waals surface area contributed by atoms with Crippen LogP contribution in [0.3, 0.4) is 0 Å². The first kappa shape index (κ1) is 13.4. The van der Waals surface area contributed by atoms with E-state index in [2.05, 4.69) is 5.32 Å². The van der Waals surface area contributed by atoms with Crippen LogP contribution in [0.4, 0.5) is 0 Å². The molecule has 0 saturated heterocycles. The Morgan fingerprint density at radius 1 is 1.62 bits per heavy atom. The normalized spacial score (nSPS) is 19.6. The maximum absolute atomic E-state index is 11.7. The van der Waals surface area contributed by atoms with Gasteiger partial charge in [-0.15, -0.1) is 0 Å². The van der Waals surface area contributed by atoms with Crippen LogP contribution in [0, 0.1) is 5.92 Å². The molecule has 1 unspecified atom stereocenters. The Labute approximate surface area is 102 Å². The van der Waals surface area contributed by atoms with Gasteiger partial charge in [0.05, 0.1) is 17.0 Å². The lowest BCUT2D eigenvalue weighted by atomic mass is 9.77. The average molecular weight is 244 g/mol. The lowest BCUT2D eigenvalue weighted by Crippen LogP contribution is -2.45. The summed E-state index contributed by atoms with van der Waals surface area (Å²) in [5, 5.41) is 2.84. The van der Waals surface area contributed by atoms with Gasteiger partial charge in [-0.2, -0.15) is 0 Å². The van der Waals surface area contributed by atoms with Crippen LogP contribution in [0.25, 0.3) is 0 Å². The summed E-state index contributed by atoms with van der Waals surface area (Å²) in [6.45, 7) is 2.41. The minimum atomic E-state index is -0.212. The van der Waals surface area contributed by atoms with Crippen molar-refractivity contribution < 1.29 is 9.53 Å². The fraction of sp³-hybridized carbons (Fsp3) is 0.818. The van der Waals surface area contributed by atoms with E-state index in [0.29, 0.717) is 18.0 Å². The van der Waals surface area contributed by atoms with Crippen LogP contribution in [-0.2, 0) is 9.53 Å². The molecule has 0 aromatic heterocycles. The Morgan fingerprint density at radius 3 is 2.62 bits per heavy atom. The summed E-state index contributed by atoms with van der Waals surface area (Å²) in [6.07, 6.45) is 3.53. The van der Waals surface area contributed by atoms with E-state index in [4.69, 9.17) is 22.7 Å². The maximum atomic E-state index is 11.7. The largest absolute Gasteiger partial charge is 0.393 e. The highest BCUT2D eigenvalue weighted by Gasteiger charge is 2.38. The molecule has 0 aliphatic heterocycles. The van der Waals surface area contributed by atoms with Crippen molar-refractivity contribution in [1.82, 2.24) is 5.32 Å². The molecule has 0 aromatic carbocycles. The molecule has 1 aliphatic carbocycles. The lowest BCUT2D eigenvalue weighted by molar-refractivity contribution is -0.134. The van der Waals surface area contributed by atoms with Crippen molar-refractivity contribution in [1.29, 1.82) is 0 Å². The highest BCUT2D eigenvalue weighted by atomic mass is 32.1. The zero-order chi connectivity index (χ0) is 12.2. The van der Waals surface area contributed by atoms with Gasteiger partial charge in [0.15, 0.2) is 0 Å². The van der Waals surface area contributed by atoms with Crippen LogP contribution in [0.2, 0.25) is 0 Å². The Balaban J connectivity index is 2.28. The first-order valence-corrected chi connectivity index (χ1v) is 6.01. The number of carbonyl (C=O) groups is 1. The molecule has 1 atom stereocenters. The number of thiocarbonyl (C=S) groups is 1. The number of ether oxygens (including phenoxy) is 1. The third-order valence-electron chi connectivity index (χ3n) is 3.27. The number of methoxy groups -OCH3 is 1. The summed E-state index contributed by atoms with van der Waals surface area (Å²) in [4.78, 5) is 12.1. The van der Waals surface area contributed by atoms with E-state index >= 15 is 0 Å². The van der Waals surface area contributed by atoms with Crippen LogP contribution < -0.4 is 11.1 Å². The van der Waals surface area contributed by atoms with E-state index in [-0.39, 0.29) is 17.4 Å². The van der Waals surface area contributed by atoms with Gasteiger partial charge in [-0.1, -0.05) is 19.1 Å². The van der Waals surface area contributed by atoms with Crippen LogP contribution in [-0.4, -0.2) is 30.2 Å². The number of nitrogens with one attached hydrogen (secondary N) is 1. The van der Waals surface area contributed by atoms with Gasteiger partial charge in [-0.25, -0.2) is 0 Å². The lowest BCUT2D eigenvalue weighted by Gasteiger charge is -2.39. The number of nitrogens with two attached hydrogens (primary N) is 1. The van der Waals surface area contributed by atoms with Gasteiger partial charge in [0.1, 0.15) is 0 Å². The molecule has 16 heavy (non-hydrogen) atoms. The SMILES string of the molecule is COC1(CC(=O)NCC(C)C(N)=S)CCC1. The minimum absolute atomic E-state index is 0.0182. The molecule has 0 bridgehead atoms. The Bertz CT molecular complexity index is 272. The molecule has 1 fully saturated rings. The fourth-order valence-electron chi connectivity index (χ4n) is 1.75. The monoisotopic (exact) mass is 244 g/mol. The molecule has 1 saturated carbocycles. The molecule has 1 aliphatic rings. The third-order valence-corrected chi connectivity index (χ3v) is 3.67. The predicted octanol–water partition coefficient (Wildman–Crippen LogP) is 0.984. The van der Waals surface area contributed by atoms with E-state index in [9.17, 15) is 4.79 Å². The minimum Gasteiger partial charge on any atom is -0.393 e. The highest BCUT2D eigenvalue weighted by Crippen LogP contribution is 2.37. The molecule has 1 rings (SSSR count). The first-order chi connectivity index (χ1) is 7.49. The Kier molecular flexibility index (Phi) is 4.68. The van der Waals surface area contributed by atoms with Gasteiger partial charge < -0.3 is 15.8 Å². The molecule has 0 radical (unpaired) electrons. The van der Waals surface area contributed by atoms with E-state index in [1.165, 1.54) is 0 Å². The zero-order valence-corrected chi connectivity index (χ0v) is 10.7. The standard InChI is InChI=1S/C11H20N2O2S/c1-8(10(12)16)7-13-9(14)6-11(15-2)4-3-5-11/h8H,3-7H2,1-2H3,(H2,12,16)(H,13,14). The van der Waals surface area contributed by atoms with Crippen LogP contribution in [0.15, 0.2) is 0 Å². The second-order valence-corrected chi connectivity index (χ2v) is 5.00. The molecular formula is C11H20N2O2S. The predicted molar refractivity (Wildman–Crippen MR) is 67.2 cm³/mol. The summed E-state index contributed by atoms with van der Waals surface area (Å²) >= 11 is 4.84. The van der Waals surface area contributed by atoms with Gasteiger partial charge in [-0.05, 0) is 19.3 Å². The number of rotatable bonds is 6. The van der Waals surface area contributed by atoms with Crippen molar-refractivity contribution in [3.63, 3.8) is 0 Å². The van der Waals surface area contributed by atoms with Gasteiger partial charge in [0.25, 0.3) is 0 Å². The second kappa shape index (κ2) is 5.59. The summed E-state index contributed by atoms with van der Waals surface area (Å²) in [5.41, 5.74) is 5.26. The van der Waals surface area contributed by atoms with Crippen LogP contribution in [0.1, 0.15) is 32.6 Å². The van der Waals surface area contributed by atoms with Crippen LogP contribution in [0.5, 0.6) is 0 Å². The summed E-state index contributed by atoms with van der Waals surface area (Å²) in [7, 11) is 1.67. The number of hydrogen-bond donors (Lipinski definition) is 2. The number of carbonyl (C=O) groups excluding carboxylic acids is 1. The number of hydrogen-bond acceptors (Lipinski definition) is 3. The van der Waals surface area contributed by atoms with E-state index in [0.717, 1.165) is 19.3 Å². The van der Waals surface area contributed by atoms with Gasteiger partial charge >= 0.3 is 0 Å². The zero-order valence-electron chi connectivity index (χ0n) is 9.91.